The van der Waals surface area contributed by atoms with Gasteiger partial charge in [0.25, 0.3) is 0 Å². The summed E-state index contributed by atoms with van der Waals surface area (Å²) in [5.74, 6) is -1.43. The maximum atomic E-state index is 13.5. The summed E-state index contributed by atoms with van der Waals surface area (Å²) in [7, 11) is 0. The van der Waals surface area contributed by atoms with Gasteiger partial charge in [-0.3, -0.25) is 4.68 Å². The molecule has 0 bridgehead atoms. The van der Waals surface area contributed by atoms with Crippen LogP contribution in [0.5, 0.6) is 0 Å². The maximum Gasteiger partial charge on any atom is 0.132 e. The van der Waals surface area contributed by atoms with Crippen molar-refractivity contribution in [2.24, 2.45) is 0 Å². The molecule has 1 unspecified atom stereocenters. The first-order valence-corrected chi connectivity index (χ1v) is 5.28. The Morgan fingerprint density at radius 1 is 1.35 bits per heavy atom. The van der Waals surface area contributed by atoms with Crippen LogP contribution in [0.1, 0.15) is 24.3 Å². The summed E-state index contributed by atoms with van der Waals surface area (Å²) in [6.45, 7) is 2.44. The number of halogens is 2. The van der Waals surface area contributed by atoms with Crippen molar-refractivity contribution in [1.82, 2.24) is 9.78 Å². The van der Waals surface area contributed by atoms with Gasteiger partial charge < -0.3 is 5.11 Å². The first-order chi connectivity index (χ1) is 8.13. The highest BCUT2D eigenvalue weighted by molar-refractivity contribution is 5.27. The number of nitrogens with zero attached hydrogens (tertiary/aromatic N) is 2. The van der Waals surface area contributed by atoms with Crippen LogP contribution in [-0.2, 0) is 6.54 Å². The van der Waals surface area contributed by atoms with Crippen molar-refractivity contribution >= 4 is 0 Å². The molecule has 5 heteroatoms. The fraction of sp³-hybridized carbons (Fsp3) is 0.250. The first-order valence-electron chi connectivity index (χ1n) is 5.28. The van der Waals surface area contributed by atoms with Gasteiger partial charge in [-0.2, -0.15) is 5.10 Å². The van der Waals surface area contributed by atoms with E-state index in [1.807, 2.05) is 6.92 Å². The number of rotatable bonds is 3. The Balaban J connectivity index is 2.40. The highest BCUT2D eigenvalue weighted by Crippen LogP contribution is 2.24. The zero-order valence-electron chi connectivity index (χ0n) is 9.27. The number of hydrogen-bond donors (Lipinski definition) is 1. The Labute approximate surface area is 97.3 Å². The van der Waals surface area contributed by atoms with Gasteiger partial charge in [0.15, 0.2) is 0 Å². The molecule has 2 rings (SSSR count). The predicted octanol–water partition coefficient (Wildman–Crippen LogP) is 2.26. The van der Waals surface area contributed by atoms with Gasteiger partial charge in [0.1, 0.15) is 17.7 Å². The van der Waals surface area contributed by atoms with Crippen LogP contribution in [0, 0.1) is 11.6 Å². The average Bonchev–Trinajstić information content (AvgIpc) is 2.76. The number of aliphatic hydroxyl groups is 1. The lowest BCUT2D eigenvalue weighted by Crippen LogP contribution is -2.10. The van der Waals surface area contributed by atoms with E-state index in [0.717, 1.165) is 12.1 Å². The van der Waals surface area contributed by atoms with Crippen LogP contribution in [0.4, 0.5) is 8.78 Å². The molecule has 0 aliphatic rings. The Morgan fingerprint density at radius 2 is 2.12 bits per heavy atom. The number of benzene rings is 1. The smallest absolute Gasteiger partial charge is 0.132 e. The largest absolute Gasteiger partial charge is 0.382 e. The average molecular weight is 238 g/mol. The second-order valence-corrected chi connectivity index (χ2v) is 3.64. The summed E-state index contributed by atoms with van der Waals surface area (Å²) in [4.78, 5) is 0. The van der Waals surface area contributed by atoms with Gasteiger partial charge in [0.05, 0.1) is 5.69 Å². The van der Waals surface area contributed by atoms with E-state index in [1.165, 1.54) is 12.3 Å². The van der Waals surface area contributed by atoms with E-state index < -0.39 is 17.7 Å². The number of aromatic nitrogens is 2. The van der Waals surface area contributed by atoms with Gasteiger partial charge in [-0.25, -0.2) is 8.78 Å². The minimum Gasteiger partial charge on any atom is -0.382 e. The first kappa shape index (κ1) is 11.7. The molecule has 1 aromatic heterocycles. The van der Waals surface area contributed by atoms with E-state index >= 15 is 0 Å². The Bertz CT molecular complexity index is 525. The van der Waals surface area contributed by atoms with Crippen LogP contribution in [0.3, 0.4) is 0 Å². The third-order valence-corrected chi connectivity index (χ3v) is 2.59. The second-order valence-electron chi connectivity index (χ2n) is 3.64. The molecule has 2 aromatic rings. The summed E-state index contributed by atoms with van der Waals surface area (Å²) in [5, 5.41) is 14.0. The van der Waals surface area contributed by atoms with Crippen molar-refractivity contribution in [1.29, 1.82) is 0 Å². The molecule has 0 aliphatic heterocycles. The summed E-state index contributed by atoms with van der Waals surface area (Å²) >= 11 is 0. The summed E-state index contributed by atoms with van der Waals surface area (Å²) < 4.78 is 27.8. The molecule has 0 spiro atoms. The van der Waals surface area contributed by atoms with E-state index in [1.54, 1.807) is 10.7 Å². The molecule has 90 valence electrons. The van der Waals surface area contributed by atoms with Crippen LogP contribution in [0.25, 0.3) is 0 Å². The van der Waals surface area contributed by atoms with Crippen LogP contribution >= 0.6 is 0 Å². The van der Waals surface area contributed by atoms with Crippen LogP contribution in [0.2, 0.25) is 0 Å². The zero-order chi connectivity index (χ0) is 12.4. The minimum absolute atomic E-state index is 0.0431. The predicted molar refractivity (Wildman–Crippen MR) is 58.3 cm³/mol. The van der Waals surface area contributed by atoms with E-state index in [0.29, 0.717) is 12.2 Å². The fourth-order valence-electron chi connectivity index (χ4n) is 1.72. The zero-order valence-corrected chi connectivity index (χ0v) is 9.27. The lowest BCUT2D eigenvalue weighted by atomic mass is 10.1. The Kier molecular flexibility index (Phi) is 3.19. The third-order valence-electron chi connectivity index (χ3n) is 2.59. The normalized spacial score (nSPS) is 12.7. The molecule has 1 N–H and O–H groups in total. The van der Waals surface area contributed by atoms with Gasteiger partial charge in [-0.1, -0.05) is 6.07 Å². The summed E-state index contributed by atoms with van der Waals surface area (Å²) in [6.07, 6.45) is 0.391. The van der Waals surface area contributed by atoms with E-state index in [2.05, 4.69) is 5.10 Å². The SMILES string of the molecule is CCn1nccc1C(O)c1ccc(F)cc1F. The molecular formula is C12H12F2N2O. The molecule has 0 saturated heterocycles. The number of aliphatic hydroxyl groups excluding tert-OH is 1. The van der Waals surface area contributed by atoms with Crippen LogP contribution in [-0.4, -0.2) is 14.9 Å². The highest BCUT2D eigenvalue weighted by Gasteiger charge is 2.18. The van der Waals surface area contributed by atoms with Crippen molar-refractivity contribution in [2.45, 2.75) is 19.6 Å². The number of aryl methyl sites for hydroxylation is 1. The molecule has 0 aliphatic carbocycles. The highest BCUT2D eigenvalue weighted by atomic mass is 19.1. The maximum absolute atomic E-state index is 13.5. The van der Waals surface area contributed by atoms with Crippen LogP contribution < -0.4 is 0 Å². The number of hydrogen-bond acceptors (Lipinski definition) is 2. The van der Waals surface area contributed by atoms with Gasteiger partial charge in [0, 0.05) is 24.4 Å². The molecule has 1 atom stereocenters. The third kappa shape index (κ3) is 2.19. The molecule has 1 heterocycles. The molecule has 0 amide bonds. The fourth-order valence-corrected chi connectivity index (χ4v) is 1.72. The summed E-state index contributed by atoms with van der Waals surface area (Å²) in [6, 6.07) is 4.72. The van der Waals surface area contributed by atoms with Gasteiger partial charge in [-0.15, -0.1) is 0 Å². The molecule has 0 saturated carbocycles. The lowest BCUT2D eigenvalue weighted by molar-refractivity contribution is 0.202. The van der Waals surface area contributed by atoms with Crippen LogP contribution in [0.15, 0.2) is 30.5 Å². The van der Waals surface area contributed by atoms with Gasteiger partial charge in [-0.05, 0) is 19.1 Å². The minimum atomic E-state index is -1.14. The van der Waals surface area contributed by atoms with Gasteiger partial charge >= 0.3 is 0 Å². The molecule has 0 fully saturated rings. The topological polar surface area (TPSA) is 38.0 Å². The molecule has 3 nitrogen and oxygen atoms in total. The van der Waals surface area contributed by atoms with Gasteiger partial charge in [0.2, 0.25) is 0 Å². The van der Waals surface area contributed by atoms with Crippen molar-refractivity contribution < 1.29 is 13.9 Å². The lowest BCUT2D eigenvalue weighted by Gasteiger charge is -2.13. The molecule has 1 aromatic carbocycles. The van der Waals surface area contributed by atoms with Crippen molar-refractivity contribution in [2.75, 3.05) is 0 Å². The standard InChI is InChI=1S/C12H12F2N2O/c1-2-16-11(5-6-15-16)12(17)9-4-3-8(13)7-10(9)14/h3-7,12,17H,2H2,1H3. The Hall–Kier alpha value is -1.75. The van der Waals surface area contributed by atoms with E-state index in [9.17, 15) is 13.9 Å². The van der Waals surface area contributed by atoms with Crippen molar-refractivity contribution in [3.63, 3.8) is 0 Å². The summed E-state index contributed by atoms with van der Waals surface area (Å²) in [5.41, 5.74) is 0.527. The van der Waals surface area contributed by atoms with E-state index in [-0.39, 0.29) is 5.56 Å². The van der Waals surface area contributed by atoms with Crippen molar-refractivity contribution in [3.05, 3.63) is 53.4 Å². The molecular weight excluding hydrogens is 226 g/mol. The quantitative estimate of drug-likeness (QED) is 0.890. The monoisotopic (exact) mass is 238 g/mol. The molecule has 0 radical (unpaired) electrons. The molecule has 17 heavy (non-hydrogen) atoms. The second kappa shape index (κ2) is 4.63. The Morgan fingerprint density at radius 3 is 2.76 bits per heavy atom. The van der Waals surface area contributed by atoms with Crippen molar-refractivity contribution in [3.8, 4) is 0 Å². The van der Waals surface area contributed by atoms with E-state index in [4.69, 9.17) is 0 Å².